The summed E-state index contributed by atoms with van der Waals surface area (Å²) >= 11 is 0. The van der Waals surface area contributed by atoms with Crippen molar-refractivity contribution >= 4 is 0 Å². The molecule has 0 aromatic carbocycles. The summed E-state index contributed by atoms with van der Waals surface area (Å²) in [5.41, 5.74) is 1.31. The Hall–Kier alpha value is -0.950. The minimum atomic E-state index is -0.395. The molecule has 1 aromatic heterocycles. The molecule has 22 heavy (non-hydrogen) atoms. The van der Waals surface area contributed by atoms with E-state index >= 15 is 0 Å². The Labute approximate surface area is 131 Å². The largest absolute Gasteiger partial charge is 0.389 e. The van der Waals surface area contributed by atoms with Crippen LogP contribution in [0.25, 0.3) is 0 Å². The third kappa shape index (κ3) is 4.52. The van der Waals surface area contributed by atoms with Gasteiger partial charge in [-0.25, -0.2) is 0 Å². The Morgan fingerprint density at radius 2 is 2.09 bits per heavy atom. The standard InChI is InChI=1S/C16H27N3O3/c20-15(12-22-16-3-7-21-8-4-16)11-19-5-1-13(2-6-19)14-9-17-18-10-14/h9-10,13,15-16,20H,1-8,11-12H2,(H,17,18). The molecule has 1 aromatic rings. The third-order valence-electron chi connectivity index (χ3n) is 4.74. The molecule has 6 nitrogen and oxygen atoms in total. The molecule has 0 radical (unpaired) electrons. The van der Waals surface area contributed by atoms with Crippen molar-refractivity contribution in [3.8, 4) is 0 Å². The molecule has 2 aliphatic heterocycles. The molecule has 2 fully saturated rings. The number of nitrogens with zero attached hydrogens (tertiary/aromatic N) is 2. The molecule has 124 valence electrons. The fraction of sp³-hybridized carbons (Fsp3) is 0.812. The highest BCUT2D eigenvalue weighted by Gasteiger charge is 2.23. The minimum Gasteiger partial charge on any atom is -0.389 e. The van der Waals surface area contributed by atoms with Crippen LogP contribution in [0.5, 0.6) is 0 Å². The van der Waals surface area contributed by atoms with Crippen LogP contribution in [0.4, 0.5) is 0 Å². The topological polar surface area (TPSA) is 70.6 Å². The first kappa shape index (κ1) is 15.9. The van der Waals surface area contributed by atoms with Crippen molar-refractivity contribution in [1.82, 2.24) is 15.1 Å². The van der Waals surface area contributed by atoms with E-state index in [0.29, 0.717) is 19.1 Å². The SMILES string of the molecule is OC(COC1CCOCC1)CN1CCC(c2cn[nH]c2)CC1. The van der Waals surface area contributed by atoms with Gasteiger partial charge in [-0.3, -0.25) is 5.10 Å². The summed E-state index contributed by atoms with van der Waals surface area (Å²) < 4.78 is 11.1. The van der Waals surface area contributed by atoms with E-state index in [1.54, 1.807) is 0 Å². The molecule has 1 atom stereocenters. The highest BCUT2D eigenvalue weighted by molar-refractivity contribution is 5.11. The second-order valence-electron chi connectivity index (χ2n) is 6.41. The molecule has 0 amide bonds. The minimum absolute atomic E-state index is 0.259. The van der Waals surface area contributed by atoms with Crippen LogP contribution < -0.4 is 0 Å². The average Bonchev–Trinajstić information content (AvgIpc) is 3.09. The lowest BCUT2D eigenvalue weighted by molar-refractivity contribution is -0.0649. The van der Waals surface area contributed by atoms with E-state index in [-0.39, 0.29) is 6.10 Å². The van der Waals surface area contributed by atoms with Gasteiger partial charge in [-0.1, -0.05) is 0 Å². The number of hydrogen-bond donors (Lipinski definition) is 2. The summed E-state index contributed by atoms with van der Waals surface area (Å²) in [5.74, 6) is 0.602. The fourth-order valence-electron chi connectivity index (χ4n) is 3.37. The monoisotopic (exact) mass is 309 g/mol. The lowest BCUT2D eigenvalue weighted by Gasteiger charge is -2.33. The molecular formula is C16H27N3O3. The molecule has 2 N–H and O–H groups in total. The fourth-order valence-corrected chi connectivity index (χ4v) is 3.37. The molecule has 6 heteroatoms. The maximum atomic E-state index is 10.2. The number of piperidine rings is 1. The molecule has 2 saturated heterocycles. The van der Waals surface area contributed by atoms with Crippen LogP contribution in [0.15, 0.2) is 12.4 Å². The second-order valence-corrected chi connectivity index (χ2v) is 6.41. The number of nitrogens with one attached hydrogen (secondary N) is 1. The van der Waals surface area contributed by atoms with Crippen molar-refractivity contribution in [2.75, 3.05) is 39.5 Å². The van der Waals surface area contributed by atoms with E-state index in [1.165, 1.54) is 5.56 Å². The molecule has 0 saturated carbocycles. The summed E-state index contributed by atoms with van der Waals surface area (Å²) in [6.07, 6.45) is 7.95. The predicted octanol–water partition coefficient (Wildman–Crippen LogP) is 1.15. The lowest BCUT2D eigenvalue weighted by atomic mass is 9.91. The van der Waals surface area contributed by atoms with Crippen molar-refractivity contribution in [2.24, 2.45) is 0 Å². The Kier molecular flexibility index (Phi) is 5.83. The summed E-state index contributed by atoms with van der Waals surface area (Å²) in [7, 11) is 0. The first-order valence-electron chi connectivity index (χ1n) is 8.39. The molecule has 3 heterocycles. The maximum absolute atomic E-state index is 10.2. The first-order chi connectivity index (χ1) is 10.8. The van der Waals surface area contributed by atoms with Gasteiger partial charge in [0.25, 0.3) is 0 Å². The van der Waals surface area contributed by atoms with Gasteiger partial charge in [0.1, 0.15) is 0 Å². The quantitative estimate of drug-likeness (QED) is 0.825. The van der Waals surface area contributed by atoms with Gasteiger partial charge in [-0.05, 0) is 50.3 Å². The van der Waals surface area contributed by atoms with Gasteiger partial charge in [0, 0.05) is 26.0 Å². The number of ether oxygens (including phenoxy) is 2. The van der Waals surface area contributed by atoms with Crippen LogP contribution in [-0.2, 0) is 9.47 Å². The zero-order valence-electron chi connectivity index (χ0n) is 13.1. The molecular weight excluding hydrogens is 282 g/mol. The van der Waals surface area contributed by atoms with Crippen molar-refractivity contribution in [1.29, 1.82) is 0 Å². The summed E-state index contributed by atoms with van der Waals surface area (Å²) in [6, 6.07) is 0. The number of likely N-dealkylation sites (tertiary alicyclic amines) is 1. The number of β-amino-alcohol motifs (C(OH)–C–C–N with tert-alkyl or cyclic N) is 1. The summed E-state index contributed by atoms with van der Waals surface area (Å²) in [5, 5.41) is 17.1. The number of H-pyrrole nitrogens is 1. The third-order valence-corrected chi connectivity index (χ3v) is 4.74. The van der Waals surface area contributed by atoms with Crippen LogP contribution >= 0.6 is 0 Å². The predicted molar refractivity (Wildman–Crippen MR) is 82.8 cm³/mol. The highest BCUT2D eigenvalue weighted by atomic mass is 16.5. The molecule has 0 aliphatic carbocycles. The van der Waals surface area contributed by atoms with Crippen LogP contribution in [0.2, 0.25) is 0 Å². The van der Waals surface area contributed by atoms with Crippen LogP contribution in [0.1, 0.15) is 37.2 Å². The van der Waals surface area contributed by atoms with Crippen LogP contribution in [-0.4, -0.2) is 71.9 Å². The Morgan fingerprint density at radius 1 is 1.32 bits per heavy atom. The Morgan fingerprint density at radius 3 is 2.77 bits per heavy atom. The normalized spacial score (nSPS) is 23.7. The van der Waals surface area contributed by atoms with E-state index in [2.05, 4.69) is 15.1 Å². The maximum Gasteiger partial charge on any atom is 0.0900 e. The van der Waals surface area contributed by atoms with Gasteiger partial charge in [0.2, 0.25) is 0 Å². The van der Waals surface area contributed by atoms with E-state index < -0.39 is 6.10 Å². The van der Waals surface area contributed by atoms with Crippen molar-refractivity contribution in [3.63, 3.8) is 0 Å². The Balaban J connectivity index is 1.33. The van der Waals surface area contributed by atoms with E-state index in [4.69, 9.17) is 9.47 Å². The van der Waals surface area contributed by atoms with Gasteiger partial charge in [-0.2, -0.15) is 5.10 Å². The zero-order chi connectivity index (χ0) is 15.2. The van der Waals surface area contributed by atoms with Gasteiger partial charge in [-0.15, -0.1) is 0 Å². The van der Waals surface area contributed by atoms with Gasteiger partial charge < -0.3 is 19.5 Å². The smallest absolute Gasteiger partial charge is 0.0900 e. The number of aromatic amines is 1. The number of aromatic nitrogens is 2. The van der Waals surface area contributed by atoms with Gasteiger partial charge in [0.15, 0.2) is 0 Å². The van der Waals surface area contributed by atoms with E-state index in [0.717, 1.165) is 52.0 Å². The van der Waals surface area contributed by atoms with E-state index in [9.17, 15) is 5.11 Å². The second kappa shape index (κ2) is 8.06. The molecule has 2 aliphatic rings. The van der Waals surface area contributed by atoms with Crippen LogP contribution in [0, 0.1) is 0 Å². The summed E-state index contributed by atoms with van der Waals surface area (Å²) in [4.78, 5) is 2.34. The first-order valence-corrected chi connectivity index (χ1v) is 8.39. The number of aliphatic hydroxyl groups is 1. The molecule has 0 bridgehead atoms. The van der Waals surface area contributed by atoms with Crippen LogP contribution in [0.3, 0.4) is 0 Å². The highest BCUT2D eigenvalue weighted by Crippen LogP contribution is 2.27. The van der Waals surface area contributed by atoms with Crippen molar-refractivity contribution < 1.29 is 14.6 Å². The Bertz CT molecular complexity index is 412. The van der Waals surface area contributed by atoms with Gasteiger partial charge in [0.05, 0.1) is 25.0 Å². The molecule has 3 rings (SSSR count). The molecule has 1 unspecified atom stereocenters. The van der Waals surface area contributed by atoms with Crippen molar-refractivity contribution in [2.45, 2.75) is 43.8 Å². The van der Waals surface area contributed by atoms with Crippen molar-refractivity contribution in [3.05, 3.63) is 18.0 Å². The number of hydrogen-bond acceptors (Lipinski definition) is 5. The lowest BCUT2D eigenvalue weighted by Crippen LogP contribution is -2.40. The summed E-state index contributed by atoms with van der Waals surface area (Å²) in [6.45, 7) is 4.77. The molecule has 0 spiro atoms. The van der Waals surface area contributed by atoms with E-state index in [1.807, 2.05) is 12.4 Å². The number of rotatable bonds is 6. The zero-order valence-corrected chi connectivity index (χ0v) is 13.1. The number of aliphatic hydroxyl groups excluding tert-OH is 1. The van der Waals surface area contributed by atoms with Gasteiger partial charge >= 0.3 is 0 Å². The average molecular weight is 309 g/mol.